The van der Waals surface area contributed by atoms with Crippen molar-refractivity contribution in [1.29, 1.82) is 0 Å². The lowest BCUT2D eigenvalue weighted by atomic mass is 9.99. The van der Waals surface area contributed by atoms with Crippen molar-refractivity contribution >= 4 is 30.6 Å². The molecule has 3 aliphatic rings. The van der Waals surface area contributed by atoms with Crippen molar-refractivity contribution in [3.63, 3.8) is 0 Å². The molecule has 0 unspecified atom stereocenters. The van der Waals surface area contributed by atoms with Gasteiger partial charge in [-0.15, -0.1) is 4.99 Å². The SMILES string of the molecule is CC(C)(C)OC(=O)N1CCC(NC(=O)[C@@H]2CC[C@@H]3CN2C(=O)N3OO[O-])CC1.CCCC[N+](CCCC)(CCCC)CCCC.O=S. The Balaban J connectivity index is 0.000000502. The van der Waals surface area contributed by atoms with Gasteiger partial charge in [0.05, 0.1) is 32.2 Å². The molecule has 2 bridgehead atoms. The van der Waals surface area contributed by atoms with Crippen LogP contribution in [-0.4, -0.2) is 111 Å². The van der Waals surface area contributed by atoms with E-state index >= 15 is 0 Å². The highest BCUT2D eigenvalue weighted by atomic mass is 32.1. The molecule has 13 nitrogen and oxygen atoms in total. The van der Waals surface area contributed by atoms with Gasteiger partial charge < -0.3 is 29.6 Å². The van der Waals surface area contributed by atoms with Crippen molar-refractivity contribution in [1.82, 2.24) is 20.2 Å². The van der Waals surface area contributed by atoms with Crippen LogP contribution in [0, 0.1) is 0 Å². The minimum absolute atomic E-state index is 0.0704. The van der Waals surface area contributed by atoms with Crippen LogP contribution in [0.25, 0.3) is 0 Å². The van der Waals surface area contributed by atoms with Gasteiger partial charge >= 0.3 is 12.1 Å². The summed E-state index contributed by atoms with van der Waals surface area (Å²) in [5.74, 6) is -0.229. The number of rotatable bonds is 16. The van der Waals surface area contributed by atoms with Crippen LogP contribution in [0.5, 0.6) is 0 Å². The minimum Gasteiger partial charge on any atom is -0.690 e. The van der Waals surface area contributed by atoms with Gasteiger partial charge in [-0.25, -0.2) is 9.59 Å². The molecule has 4 amide bonds. The second-order valence-corrected chi connectivity index (χ2v) is 14.1. The maximum Gasteiger partial charge on any atom is 0.410 e. The van der Waals surface area contributed by atoms with Crippen molar-refractivity contribution < 1.29 is 43.1 Å². The molecule has 0 saturated carbocycles. The molecule has 3 rings (SSSR count). The van der Waals surface area contributed by atoms with Gasteiger partial charge in [0.15, 0.2) is 12.5 Å². The summed E-state index contributed by atoms with van der Waals surface area (Å²) in [7, 11) is 0. The van der Waals surface area contributed by atoms with Gasteiger partial charge in [-0.1, -0.05) is 53.4 Å². The molecule has 0 radical (unpaired) electrons. The van der Waals surface area contributed by atoms with Gasteiger partial charge in [0.2, 0.25) is 5.91 Å². The molecule has 3 saturated heterocycles. The number of nitrogens with one attached hydrogen (secondary N) is 1. The van der Waals surface area contributed by atoms with Crippen LogP contribution in [0.15, 0.2) is 0 Å². The maximum atomic E-state index is 12.7. The van der Waals surface area contributed by atoms with E-state index in [4.69, 9.17) is 8.95 Å². The number of piperidine rings is 2. The van der Waals surface area contributed by atoms with Crippen LogP contribution in [0.4, 0.5) is 9.59 Å². The van der Waals surface area contributed by atoms with Crippen molar-refractivity contribution in [2.24, 2.45) is 0 Å². The second-order valence-electron chi connectivity index (χ2n) is 14.1. The third-order valence-corrected chi connectivity index (χ3v) is 9.17. The molecule has 274 valence electrons. The highest BCUT2D eigenvalue weighted by Crippen LogP contribution is 2.30. The summed E-state index contributed by atoms with van der Waals surface area (Å²) >= 11 is 2.83. The van der Waals surface area contributed by atoms with Crippen molar-refractivity contribution in [3.05, 3.63) is 0 Å². The Morgan fingerprint density at radius 3 is 1.79 bits per heavy atom. The number of carbonyl (C=O) groups is 3. The van der Waals surface area contributed by atoms with E-state index in [9.17, 15) is 19.6 Å². The predicted octanol–water partition coefficient (Wildman–Crippen LogP) is 4.58. The zero-order valence-electron chi connectivity index (χ0n) is 30.1. The largest absolute Gasteiger partial charge is 0.690 e. The van der Waals surface area contributed by atoms with Crippen molar-refractivity contribution in [2.45, 2.75) is 149 Å². The molecule has 3 heterocycles. The molecule has 0 aliphatic carbocycles. The van der Waals surface area contributed by atoms with E-state index < -0.39 is 17.7 Å². The molecule has 0 aromatic rings. The fourth-order valence-electron chi connectivity index (χ4n) is 6.51. The van der Waals surface area contributed by atoms with E-state index in [1.54, 1.807) is 4.90 Å². The minimum atomic E-state index is -0.604. The Morgan fingerprint density at radius 1 is 0.872 bits per heavy atom. The van der Waals surface area contributed by atoms with Gasteiger partial charge in [0, 0.05) is 25.7 Å². The lowest BCUT2D eigenvalue weighted by Crippen LogP contribution is -2.54. The number of hydroxylamine groups is 2. The number of amides is 4. The fourth-order valence-corrected chi connectivity index (χ4v) is 6.51. The highest BCUT2D eigenvalue weighted by molar-refractivity contribution is 7.44. The second kappa shape index (κ2) is 22.5. The molecular weight excluding hydrogens is 626 g/mol. The summed E-state index contributed by atoms with van der Waals surface area (Å²) in [4.78, 5) is 44.5. The first-order chi connectivity index (χ1) is 22.4. The summed E-state index contributed by atoms with van der Waals surface area (Å²) in [6, 6.07) is -1.51. The molecule has 2 atom stereocenters. The number of likely N-dealkylation sites (tertiary alicyclic amines) is 1. The maximum absolute atomic E-state index is 12.7. The smallest absolute Gasteiger partial charge is 0.410 e. The Hall–Kier alpha value is -2.13. The number of quaternary nitrogens is 1. The molecule has 0 spiro atoms. The standard InChI is InChI=1S/C17H28N4O7.C16H36N.OS/c1-17(2,3)26-16(24)19-8-6-11(7-9-19)18-14(22)13-5-4-12-10-20(13)15(23)21(12)27-28-25;1-5-9-13-17(14-10-6-2,15-11-7-3)16-12-8-4;1-2/h11-13,25H,4-10H2,1-3H3,(H,18,22);5-16H2,1-4H3;/q;+1;/p-1/t12-,13+;;/m1../s1. The zero-order chi connectivity index (χ0) is 35.5. The number of unbranched alkanes of at least 4 members (excludes halogenated alkanes) is 4. The lowest BCUT2D eigenvalue weighted by molar-refractivity contribution is -0.929. The van der Waals surface area contributed by atoms with Crippen LogP contribution in [0.3, 0.4) is 0 Å². The van der Waals surface area contributed by atoms with Crippen LogP contribution >= 0.6 is 0 Å². The summed E-state index contributed by atoms with van der Waals surface area (Å²) in [6.07, 6.45) is 13.0. The summed E-state index contributed by atoms with van der Waals surface area (Å²) < 4.78 is 14.6. The van der Waals surface area contributed by atoms with Crippen molar-refractivity contribution in [2.75, 3.05) is 45.8 Å². The third-order valence-electron chi connectivity index (χ3n) is 9.17. The first kappa shape index (κ1) is 42.9. The molecule has 14 heteroatoms. The number of ether oxygens (including phenoxy) is 1. The average Bonchev–Trinajstić information content (AvgIpc) is 3.29. The average molecular weight is 690 g/mol. The molecule has 3 fully saturated rings. The van der Waals surface area contributed by atoms with E-state index in [-0.39, 0.29) is 24.1 Å². The van der Waals surface area contributed by atoms with Crippen molar-refractivity contribution in [3.8, 4) is 0 Å². The Labute approximate surface area is 288 Å². The number of nitrogens with zero attached hydrogens (tertiary/aromatic N) is 4. The first-order valence-electron chi connectivity index (χ1n) is 17.8. The van der Waals surface area contributed by atoms with Crippen LogP contribution in [0.1, 0.15) is 126 Å². The van der Waals surface area contributed by atoms with Gasteiger partial charge in [-0.3, -0.25) is 9.83 Å². The van der Waals surface area contributed by atoms with E-state index in [2.05, 4.69) is 55.6 Å². The monoisotopic (exact) mass is 689 g/mol. The number of carbonyl (C=O) groups excluding carboxylic acids is 3. The Morgan fingerprint density at radius 2 is 1.36 bits per heavy atom. The molecule has 0 aromatic carbocycles. The van der Waals surface area contributed by atoms with E-state index in [0.717, 1.165) is 5.06 Å². The highest BCUT2D eigenvalue weighted by Gasteiger charge is 2.48. The predicted molar refractivity (Wildman–Crippen MR) is 179 cm³/mol. The summed E-state index contributed by atoms with van der Waals surface area (Å²) in [6.45, 7) is 21.8. The normalized spacial score (nSPS) is 19.8. The summed E-state index contributed by atoms with van der Waals surface area (Å²) in [5, 5.41) is 17.4. The van der Waals surface area contributed by atoms with Crippen LogP contribution < -0.4 is 10.6 Å². The molecule has 1 N–H and O–H groups in total. The van der Waals surface area contributed by atoms with Crippen LogP contribution in [0.2, 0.25) is 0 Å². The zero-order valence-corrected chi connectivity index (χ0v) is 30.9. The number of hydrogen-bond acceptors (Lipinski definition) is 9. The first-order valence-corrected chi connectivity index (χ1v) is 18.1. The number of hydrogen-bond donors (Lipinski definition) is 1. The Bertz CT molecular complexity index is 878. The topological polar surface area (TPSA) is 141 Å². The van der Waals surface area contributed by atoms with Gasteiger partial charge in [-0.05, 0) is 72.1 Å². The third kappa shape index (κ3) is 14.5. The fraction of sp³-hybridized carbons (Fsp3) is 0.909. The van der Waals surface area contributed by atoms with E-state index in [1.165, 1.54) is 86.9 Å². The van der Waals surface area contributed by atoms with E-state index in [1.807, 2.05) is 20.8 Å². The number of fused-ring (bicyclic) bond motifs is 2. The number of urea groups is 1. The van der Waals surface area contributed by atoms with E-state index in [0.29, 0.717) is 45.3 Å². The Kier molecular flexibility index (Phi) is 20.5. The van der Waals surface area contributed by atoms with Gasteiger partial charge in [0.25, 0.3) is 0 Å². The lowest BCUT2D eigenvalue weighted by Gasteiger charge is -2.39. The van der Waals surface area contributed by atoms with Gasteiger partial charge in [0.1, 0.15) is 11.6 Å². The molecule has 0 aromatic heterocycles. The summed E-state index contributed by atoms with van der Waals surface area (Å²) in [5.41, 5.74) is -0.544. The molecular formula is C33H63N5O8S. The quantitative estimate of drug-likeness (QED) is 0.140. The van der Waals surface area contributed by atoms with Gasteiger partial charge in [-0.2, -0.15) is 9.27 Å². The molecule has 3 aliphatic heterocycles. The molecule has 47 heavy (non-hydrogen) atoms. The van der Waals surface area contributed by atoms with Crippen LogP contribution in [-0.2, 0) is 32.1 Å².